The second-order valence-corrected chi connectivity index (χ2v) is 4.66. The molecule has 3 aromatic rings. The number of furan rings is 1. The average molecular weight is 274 g/mol. The Hall–Kier alpha value is -2.13. The highest BCUT2D eigenvalue weighted by molar-refractivity contribution is 6.30. The number of fused-ring (bicyclic) bond motifs is 1. The van der Waals surface area contributed by atoms with Gasteiger partial charge in [0, 0.05) is 21.7 Å². The maximum Gasteiger partial charge on any atom is 0.136 e. The van der Waals surface area contributed by atoms with E-state index in [1.165, 1.54) is 0 Å². The Bertz CT molecular complexity index is 704. The zero-order chi connectivity index (χ0) is 13.2. The van der Waals surface area contributed by atoms with Crippen molar-refractivity contribution in [1.29, 1.82) is 0 Å². The first-order valence-corrected chi connectivity index (χ1v) is 6.25. The van der Waals surface area contributed by atoms with Crippen LogP contribution in [0.25, 0.3) is 11.0 Å². The smallest absolute Gasteiger partial charge is 0.136 e. The first-order valence-electron chi connectivity index (χ1n) is 5.87. The van der Waals surface area contributed by atoms with E-state index in [4.69, 9.17) is 26.5 Å². The lowest BCUT2D eigenvalue weighted by molar-refractivity contribution is 0.306. The molecule has 0 aliphatic carbocycles. The van der Waals surface area contributed by atoms with Crippen molar-refractivity contribution < 1.29 is 9.15 Å². The van der Waals surface area contributed by atoms with Crippen LogP contribution in [0.2, 0.25) is 5.02 Å². The van der Waals surface area contributed by atoms with Gasteiger partial charge in [0.25, 0.3) is 0 Å². The van der Waals surface area contributed by atoms with E-state index < -0.39 is 0 Å². The largest absolute Gasteiger partial charge is 0.489 e. The van der Waals surface area contributed by atoms with Gasteiger partial charge in [-0.2, -0.15) is 0 Å². The van der Waals surface area contributed by atoms with Gasteiger partial charge in [0.2, 0.25) is 0 Å². The zero-order valence-electron chi connectivity index (χ0n) is 10.1. The number of nitrogen functional groups attached to an aromatic ring is 1. The molecule has 0 saturated heterocycles. The van der Waals surface area contributed by atoms with Crippen LogP contribution in [-0.2, 0) is 6.61 Å². The maximum absolute atomic E-state index is 5.96. The fourth-order valence-electron chi connectivity index (χ4n) is 1.98. The van der Waals surface area contributed by atoms with Crippen molar-refractivity contribution in [2.24, 2.45) is 0 Å². The van der Waals surface area contributed by atoms with Gasteiger partial charge in [0.05, 0.1) is 6.26 Å². The molecule has 3 rings (SSSR count). The van der Waals surface area contributed by atoms with E-state index in [1.807, 2.05) is 30.3 Å². The van der Waals surface area contributed by atoms with Gasteiger partial charge in [-0.1, -0.05) is 17.7 Å². The second kappa shape index (κ2) is 4.86. The molecular weight excluding hydrogens is 262 g/mol. The van der Waals surface area contributed by atoms with Gasteiger partial charge in [0.15, 0.2) is 0 Å². The summed E-state index contributed by atoms with van der Waals surface area (Å²) in [5, 5.41) is 1.60. The number of ether oxygens (including phenoxy) is 1. The zero-order valence-corrected chi connectivity index (χ0v) is 10.9. The number of rotatable bonds is 3. The third-order valence-corrected chi connectivity index (χ3v) is 3.17. The van der Waals surface area contributed by atoms with E-state index in [9.17, 15) is 0 Å². The van der Waals surface area contributed by atoms with Gasteiger partial charge in [-0.3, -0.25) is 0 Å². The molecule has 4 heteroatoms. The molecule has 0 saturated carbocycles. The highest BCUT2D eigenvalue weighted by Gasteiger charge is 2.09. The van der Waals surface area contributed by atoms with Crippen LogP contribution in [0.5, 0.6) is 5.75 Å². The van der Waals surface area contributed by atoms with E-state index in [0.29, 0.717) is 17.3 Å². The highest BCUT2D eigenvalue weighted by Crippen LogP contribution is 2.27. The van der Waals surface area contributed by atoms with E-state index in [1.54, 1.807) is 18.4 Å². The number of anilines is 1. The Morgan fingerprint density at radius 3 is 2.68 bits per heavy atom. The van der Waals surface area contributed by atoms with Gasteiger partial charge < -0.3 is 14.9 Å². The molecule has 0 radical (unpaired) electrons. The fourth-order valence-corrected chi connectivity index (χ4v) is 2.11. The Kier molecular flexibility index (Phi) is 3.05. The summed E-state index contributed by atoms with van der Waals surface area (Å²) in [4.78, 5) is 0. The van der Waals surface area contributed by atoms with Crippen LogP contribution in [-0.4, -0.2) is 0 Å². The summed E-state index contributed by atoms with van der Waals surface area (Å²) in [6.45, 7) is 0.406. The normalized spacial score (nSPS) is 10.8. The third kappa shape index (κ3) is 2.37. The van der Waals surface area contributed by atoms with Gasteiger partial charge in [0.1, 0.15) is 17.9 Å². The number of benzene rings is 2. The topological polar surface area (TPSA) is 48.4 Å². The lowest BCUT2D eigenvalue weighted by atomic mass is 10.1. The Balaban J connectivity index is 1.84. The maximum atomic E-state index is 5.96. The van der Waals surface area contributed by atoms with Crippen LogP contribution >= 0.6 is 11.6 Å². The summed E-state index contributed by atoms with van der Waals surface area (Å²) in [6.07, 6.45) is 1.68. The van der Waals surface area contributed by atoms with Crippen molar-refractivity contribution >= 4 is 28.3 Å². The van der Waals surface area contributed by atoms with Gasteiger partial charge in [-0.15, -0.1) is 0 Å². The molecule has 0 fully saturated rings. The van der Waals surface area contributed by atoms with Crippen LogP contribution in [0.3, 0.4) is 0 Å². The van der Waals surface area contributed by atoms with Crippen LogP contribution in [0.1, 0.15) is 5.56 Å². The third-order valence-electron chi connectivity index (χ3n) is 2.92. The van der Waals surface area contributed by atoms with Gasteiger partial charge in [-0.05, 0) is 36.4 Å². The monoisotopic (exact) mass is 273 g/mol. The Morgan fingerprint density at radius 2 is 1.89 bits per heavy atom. The number of hydrogen-bond donors (Lipinski definition) is 1. The van der Waals surface area contributed by atoms with E-state index in [0.717, 1.165) is 22.3 Å². The molecule has 19 heavy (non-hydrogen) atoms. The molecule has 0 amide bonds. The van der Waals surface area contributed by atoms with E-state index in [-0.39, 0.29) is 0 Å². The molecule has 1 aromatic heterocycles. The molecule has 3 nitrogen and oxygen atoms in total. The lowest BCUT2D eigenvalue weighted by Crippen LogP contribution is -1.95. The van der Waals surface area contributed by atoms with Crippen molar-refractivity contribution in [1.82, 2.24) is 0 Å². The molecule has 0 aliphatic heterocycles. The summed E-state index contributed by atoms with van der Waals surface area (Å²) in [6, 6.07) is 12.8. The molecule has 0 spiro atoms. The highest BCUT2D eigenvalue weighted by atomic mass is 35.5. The SMILES string of the molecule is Nc1cccc2occ(COc3ccc(Cl)cc3)c12. The molecule has 0 atom stereocenters. The van der Waals surface area contributed by atoms with Crippen LogP contribution in [0.4, 0.5) is 5.69 Å². The fraction of sp³-hybridized carbons (Fsp3) is 0.0667. The van der Waals surface area contributed by atoms with Crippen molar-refractivity contribution in [3.63, 3.8) is 0 Å². The summed E-state index contributed by atoms with van der Waals surface area (Å²) >= 11 is 5.82. The molecule has 2 N–H and O–H groups in total. The summed E-state index contributed by atoms with van der Waals surface area (Å²) in [5.74, 6) is 0.758. The molecule has 2 aromatic carbocycles. The minimum Gasteiger partial charge on any atom is -0.489 e. The van der Waals surface area contributed by atoms with Gasteiger partial charge >= 0.3 is 0 Å². The van der Waals surface area contributed by atoms with Gasteiger partial charge in [-0.25, -0.2) is 0 Å². The number of halogens is 1. The quantitative estimate of drug-likeness (QED) is 0.726. The standard InChI is InChI=1S/C15H12ClNO2/c16-11-4-6-12(7-5-11)18-8-10-9-19-14-3-1-2-13(17)15(10)14/h1-7,9H,8,17H2. The predicted molar refractivity (Wildman–Crippen MR) is 76.4 cm³/mol. The van der Waals surface area contributed by atoms with Crippen molar-refractivity contribution in [3.05, 3.63) is 59.3 Å². The molecule has 96 valence electrons. The molecule has 0 bridgehead atoms. The second-order valence-electron chi connectivity index (χ2n) is 4.22. The minimum absolute atomic E-state index is 0.406. The van der Waals surface area contributed by atoms with Crippen molar-refractivity contribution in [2.75, 3.05) is 5.73 Å². The number of hydrogen-bond acceptors (Lipinski definition) is 3. The number of nitrogens with two attached hydrogens (primary N) is 1. The lowest BCUT2D eigenvalue weighted by Gasteiger charge is -2.05. The molecule has 0 aliphatic rings. The first-order chi connectivity index (χ1) is 9.24. The van der Waals surface area contributed by atoms with Crippen LogP contribution in [0, 0.1) is 0 Å². The molecule has 1 heterocycles. The summed E-state index contributed by atoms with van der Waals surface area (Å²) in [7, 11) is 0. The molecule has 0 unspecified atom stereocenters. The average Bonchev–Trinajstić information content (AvgIpc) is 2.83. The minimum atomic E-state index is 0.406. The predicted octanol–water partition coefficient (Wildman–Crippen LogP) is 4.25. The van der Waals surface area contributed by atoms with Crippen molar-refractivity contribution in [2.45, 2.75) is 6.61 Å². The first kappa shape index (κ1) is 11.9. The Labute approximate surface area is 115 Å². The Morgan fingerprint density at radius 1 is 1.11 bits per heavy atom. The summed E-state index contributed by atoms with van der Waals surface area (Å²) in [5.41, 5.74) is 8.36. The van der Waals surface area contributed by atoms with Crippen LogP contribution in [0.15, 0.2) is 53.1 Å². The molecular formula is C15H12ClNO2. The van der Waals surface area contributed by atoms with Crippen molar-refractivity contribution in [3.8, 4) is 5.75 Å². The van der Waals surface area contributed by atoms with E-state index in [2.05, 4.69) is 0 Å². The van der Waals surface area contributed by atoms with Crippen LogP contribution < -0.4 is 10.5 Å². The summed E-state index contributed by atoms with van der Waals surface area (Å²) < 4.78 is 11.2. The van der Waals surface area contributed by atoms with E-state index >= 15 is 0 Å².